The van der Waals surface area contributed by atoms with Crippen molar-refractivity contribution in [3.8, 4) is 16.9 Å². The number of aromatic nitrogens is 1. The van der Waals surface area contributed by atoms with E-state index in [9.17, 15) is 4.79 Å². The minimum atomic E-state index is -0.200. The Morgan fingerprint density at radius 1 is 1.11 bits per heavy atom. The van der Waals surface area contributed by atoms with E-state index in [0.29, 0.717) is 12.8 Å². The van der Waals surface area contributed by atoms with Gasteiger partial charge in [-0.25, -0.2) is 0 Å². The van der Waals surface area contributed by atoms with Crippen LogP contribution in [0.4, 0.5) is 0 Å². The maximum absolute atomic E-state index is 11.6. The Balaban J connectivity index is 1.73. The second-order valence-corrected chi connectivity index (χ2v) is 7.16. The molecule has 5 nitrogen and oxygen atoms in total. The summed E-state index contributed by atoms with van der Waals surface area (Å²) in [6.07, 6.45) is 2.03. The lowest BCUT2D eigenvalue weighted by atomic mass is 9.95. The number of carbonyl (C=O) groups excluding carboxylic acids is 1. The third-order valence-corrected chi connectivity index (χ3v) is 5.51. The predicted octanol–water partition coefficient (Wildman–Crippen LogP) is 3.57. The van der Waals surface area contributed by atoms with Crippen LogP contribution in [0.3, 0.4) is 0 Å². The lowest BCUT2D eigenvalue weighted by Gasteiger charge is -2.12. The van der Waals surface area contributed by atoms with Crippen LogP contribution in [0.2, 0.25) is 0 Å². The van der Waals surface area contributed by atoms with Crippen LogP contribution < -0.4 is 10.1 Å². The van der Waals surface area contributed by atoms with Gasteiger partial charge in [0.2, 0.25) is 0 Å². The second kappa shape index (κ2) is 8.07. The molecule has 0 spiro atoms. The number of benzene rings is 2. The van der Waals surface area contributed by atoms with Crippen molar-refractivity contribution >= 4 is 16.9 Å². The van der Waals surface area contributed by atoms with Gasteiger partial charge >= 0.3 is 5.97 Å². The van der Waals surface area contributed by atoms with Crippen molar-refractivity contribution in [2.45, 2.75) is 25.8 Å². The first-order valence-electron chi connectivity index (χ1n) is 9.76. The van der Waals surface area contributed by atoms with Gasteiger partial charge in [0.05, 0.1) is 14.2 Å². The van der Waals surface area contributed by atoms with Gasteiger partial charge in [0.15, 0.2) is 0 Å². The van der Waals surface area contributed by atoms with E-state index >= 15 is 0 Å². The van der Waals surface area contributed by atoms with E-state index in [1.165, 1.54) is 23.7 Å². The number of nitrogens with one attached hydrogen (secondary N) is 1. The maximum Gasteiger partial charge on any atom is 0.305 e. The van der Waals surface area contributed by atoms with Crippen LogP contribution in [0.25, 0.3) is 22.0 Å². The van der Waals surface area contributed by atoms with Crippen molar-refractivity contribution < 1.29 is 14.3 Å². The van der Waals surface area contributed by atoms with E-state index in [1.807, 2.05) is 12.1 Å². The summed E-state index contributed by atoms with van der Waals surface area (Å²) >= 11 is 0. The number of hydrogen-bond acceptors (Lipinski definition) is 4. The molecule has 1 aromatic heterocycles. The molecule has 2 aromatic carbocycles. The number of methoxy groups -OCH3 is 2. The number of nitrogens with zero attached hydrogens (tertiary/aromatic N) is 1. The van der Waals surface area contributed by atoms with Gasteiger partial charge < -0.3 is 19.4 Å². The molecule has 146 valence electrons. The summed E-state index contributed by atoms with van der Waals surface area (Å²) in [7, 11) is 3.09. The monoisotopic (exact) mass is 378 g/mol. The van der Waals surface area contributed by atoms with Crippen molar-refractivity contribution in [1.82, 2.24) is 9.88 Å². The number of fused-ring (bicyclic) bond motifs is 3. The van der Waals surface area contributed by atoms with E-state index in [0.717, 1.165) is 48.5 Å². The third kappa shape index (κ3) is 3.62. The number of hydrogen-bond donors (Lipinski definition) is 1. The quantitative estimate of drug-likeness (QED) is 0.690. The second-order valence-electron chi connectivity index (χ2n) is 7.16. The molecule has 0 radical (unpaired) electrons. The van der Waals surface area contributed by atoms with Gasteiger partial charge in [-0.3, -0.25) is 4.79 Å². The van der Waals surface area contributed by atoms with Crippen LogP contribution in [0.1, 0.15) is 17.7 Å². The van der Waals surface area contributed by atoms with Gasteiger partial charge in [0.1, 0.15) is 5.75 Å². The number of rotatable bonds is 5. The van der Waals surface area contributed by atoms with Crippen molar-refractivity contribution in [3.63, 3.8) is 0 Å². The summed E-state index contributed by atoms with van der Waals surface area (Å²) < 4.78 is 12.6. The zero-order valence-corrected chi connectivity index (χ0v) is 16.5. The molecule has 0 unspecified atom stereocenters. The lowest BCUT2D eigenvalue weighted by Crippen LogP contribution is -2.17. The van der Waals surface area contributed by atoms with Crippen molar-refractivity contribution in [3.05, 3.63) is 53.7 Å². The third-order valence-electron chi connectivity index (χ3n) is 5.51. The Bertz CT molecular complexity index is 1010. The van der Waals surface area contributed by atoms with Crippen molar-refractivity contribution in [2.75, 3.05) is 27.3 Å². The summed E-state index contributed by atoms with van der Waals surface area (Å²) in [5.41, 5.74) is 6.06. The first-order chi connectivity index (χ1) is 13.7. The fraction of sp³-hybridized carbons (Fsp3) is 0.348. The number of carbonyl (C=O) groups is 1. The molecule has 3 aromatic rings. The molecule has 0 saturated heterocycles. The summed E-state index contributed by atoms with van der Waals surface area (Å²) in [5, 5.41) is 4.73. The van der Waals surface area contributed by atoms with Gasteiger partial charge in [0, 0.05) is 49.1 Å². The number of ether oxygens (including phenoxy) is 2. The molecule has 0 amide bonds. The number of aryl methyl sites for hydroxylation is 1. The smallest absolute Gasteiger partial charge is 0.305 e. The Morgan fingerprint density at radius 3 is 2.82 bits per heavy atom. The molecular formula is C23H26N2O3. The minimum Gasteiger partial charge on any atom is -0.497 e. The van der Waals surface area contributed by atoms with E-state index < -0.39 is 0 Å². The lowest BCUT2D eigenvalue weighted by molar-refractivity contribution is -0.140. The molecule has 4 rings (SSSR count). The van der Waals surface area contributed by atoms with Crippen LogP contribution in [-0.4, -0.2) is 37.8 Å². The largest absolute Gasteiger partial charge is 0.497 e. The molecule has 1 N–H and O–H groups in total. The predicted molar refractivity (Wildman–Crippen MR) is 111 cm³/mol. The summed E-state index contributed by atoms with van der Waals surface area (Å²) in [5.74, 6) is 0.599. The summed E-state index contributed by atoms with van der Waals surface area (Å²) in [6.45, 7) is 3.04. The highest BCUT2D eigenvalue weighted by atomic mass is 16.5. The van der Waals surface area contributed by atoms with E-state index in [2.05, 4.69) is 40.2 Å². The Labute approximate surface area is 165 Å². The summed E-state index contributed by atoms with van der Waals surface area (Å²) in [6, 6.07) is 15.0. The SMILES string of the molecule is COC(=O)CCc1cc(OC)ccc1-c1ccc2c(c1)cc1n2CCNCC1. The fourth-order valence-corrected chi connectivity index (χ4v) is 4.02. The van der Waals surface area contributed by atoms with E-state index in [4.69, 9.17) is 9.47 Å². The van der Waals surface area contributed by atoms with Crippen LogP contribution in [0.5, 0.6) is 5.75 Å². The molecule has 0 bridgehead atoms. The first-order valence-corrected chi connectivity index (χ1v) is 9.76. The first kappa shape index (κ1) is 18.6. The zero-order chi connectivity index (χ0) is 19.5. The highest BCUT2D eigenvalue weighted by Gasteiger charge is 2.14. The van der Waals surface area contributed by atoms with Crippen LogP contribution in [0.15, 0.2) is 42.5 Å². The molecule has 2 heterocycles. The van der Waals surface area contributed by atoms with Crippen molar-refractivity contribution in [2.24, 2.45) is 0 Å². The highest BCUT2D eigenvalue weighted by Crippen LogP contribution is 2.32. The Hall–Kier alpha value is -2.79. The molecular weight excluding hydrogens is 352 g/mol. The topological polar surface area (TPSA) is 52.5 Å². The molecule has 5 heteroatoms. The van der Waals surface area contributed by atoms with E-state index in [1.54, 1.807) is 7.11 Å². The fourth-order valence-electron chi connectivity index (χ4n) is 4.02. The molecule has 28 heavy (non-hydrogen) atoms. The molecule has 0 aliphatic carbocycles. The molecule has 1 aliphatic heterocycles. The van der Waals surface area contributed by atoms with Crippen LogP contribution >= 0.6 is 0 Å². The molecule has 0 fully saturated rings. The zero-order valence-electron chi connectivity index (χ0n) is 16.5. The highest BCUT2D eigenvalue weighted by molar-refractivity contribution is 5.87. The van der Waals surface area contributed by atoms with Crippen molar-refractivity contribution in [1.29, 1.82) is 0 Å². The average molecular weight is 378 g/mol. The van der Waals surface area contributed by atoms with Gasteiger partial charge in [0.25, 0.3) is 0 Å². The standard InChI is InChI=1S/C23H26N2O3/c1-27-20-5-6-21(17(15-20)4-8-23(26)28-2)16-3-7-22-18(13-16)14-19-9-10-24-11-12-25(19)22/h3,5-7,13-15,24H,4,8-12H2,1-2H3. The van der Waals surface area contributed by atoms with Gasteiger partial charge in [-0.1, -0.05) is 12.1 Å². The van der Waals surface area contributed by atoms with Gasteiger partial charge in [-0.05, 0) is 53.4 Å². The molecule has 1 aliphatic rings. The summed E-state index contributed by atoms with van der Waals surface area (Å²) in [4.78, 5) is 11.6. The van der Waals surface area contributed by atoms with E-state index in [-0.39, 0.29) is 5.97 Å². The Kier molecular flexibility index (Phi) is 5.35. The van der Waals surface area contributed by atoms with Gasteiger partial charge in [-0.2, -0.15) is 0 Å². The average Bonchev–Trinajstić information content (AvgIpc) is 2.91. The van der Waals surface area contributed by atoms with Crippen LogP contribution in [-0.2, 0) is 28.9 Å². The normalized spacial score (nSPS) is 13.8. The minimum absolute atomic E-state index is 0.200. The van der Waals surface area contributed by atoms with Crippen LogP contribution in [0, 0.1) is 0 Å². The maximum atomic E-state index is 11.6. The van der Waals surface area contributed by atoms with Gasteiger partial charge in [-0.15, -0.1) is 0 Å². The Morgan fingerprint density at radius 2 is 2.00 bits per heavy atom. The molecule has 0 atom stereocenters. The number of esters is 1. The molecule has 0 saturated carbocycles.